The maximum Gasteiger partial charge on any atom is 0.199 e. The van der Waals surface area contributed by atoms with Crippen LogP contribution < -0.4 is 0 Å². The zero-order chi connectivity index (χ0) is 12.5. The Labute approximate surface area is 102 Å². The lowest BCUT2D eigenvalue weighted by atomic mass is 9.92. The molecule has 0 radical (unpaired) electrons. The van der Waals surface area contributed by atoms with Crippen LogP contribution in [0.4, 0.5) is 0 Å². The molecular weight excluding hydrogens is 212 g/mol. The number of hydrogen-bond donors (Lipinski definition) is 1. The van der Waals surface area contributed by atoms with Gasteiger partial charge >= 0.3 is 0 Å². The number of hydrogen-bond acceptors (Lipinski definition) is 3. The van der Waals surface area contributed by atoms with E-state index in [1.807, 2.05) is 25.1 Å². The molecule has 0 aliphatic heterocycles. The van der Waals surface area contributed by atoms with E-state index in [2.05, 4.69) is 40.9 Å². The van der Waals surface area contributed by atoms with Crippen LogP contribution in [0.5, 0.6) is 0 Å². The molecule has 90 valence electrons. The van der Waals surface area contributed by atoms with Gasteiger partial charge in [0.25, 0.3) is 0 Å². The second kappa shape index (κ2) is 4.28. The average molecular weight is 230 g/mol. The van der Waals surface area contributed by atoms with Gasteiger partial charge in [-0.05, 0) is 24.5 Å². The summed E-state index contributed by atoms with van der Waals surface area (Å²) in [6, 6.07) is 5.86. The Morgan fingerprint density at radius 2 is 1.94 bits per heavy atom. The standard InChI is InChI=1S/C13H18N4/c1-9-6-5-7-10(14-9)12-15-11(16-17-12)8-13(2,3)4/h5-7H,8H2,1-4H3,(H,15,16,17). The highest BCUT2D eigenvalue weighted by atomic mass is 15.2. The van der Waals surface area contributed by atoms with Crippen LogP contribution in [-0.2, 0) is 6.42 Å². The van der Waals surface area contributed by atoms with Gasteiger partial charge in [0.2, 0.25) is 0 Å². The van der Waals surface area contributed by atoms with E-state index in [1.165, 1.54) is 0 Å². The summed E-state index contributed by atoms with van der Waals surface area (Å²) in [5.74, 6) is 1.59. The van der Waals surface area contributed by atoms with Gasteiger partial charge < -0.3 is 0 Å². The van der Waals surface area contributed by atoms with Crippen molar-refractivity contribution in [3.05, 3.63) is 29.7 Å². The molecule has 2 heterocycles. The fourth-order valence-corrected chi connectivity index (χ4v) is 1.66. The fraction of sp³-hybridized carbons (Fsp3) is 0.462. The lowest BCUT2D eigenvalue weighted by Gasteiger charge is -2.15. The van der Waals surface area contributed by atoms with Gasteiger partial charge in [0.15, 0.2) is 5.82 Å². The number of pyridine rings is 1. The van der Waals surface area contributed by atoms with Crippen molar-refractivity contribution in [1.82, 2.24) is 20.2 Å². The normalized spacial score (nSPS) is 11.8. The Bertz CT molecular complexity index is 508. The SMILES string of the molecule is Cc1cccc(-c2n[nH]c(CC(C)(C)C)n2)n1. The van der Waals surface area contributed by atoms with E-state index in [4.69, 9.17) is 0 Å². The number of rotatable bonds is 2. The van der Waals surface area contributed by atoms with Gasteiger partial charge in [-0.1, -0.05) is 26.8 Å². The molecule has 4 heteroatoms. The number of aromatic amines is 1. The van der Waals surface area contributed by atoms with Crippen molar-refractivity contribution < 1.29 is 0 Å². The molecule has 0 aliphatic carbocycles. The van der Waals surface area contributed by atoms with E-state index in [0.29, 0.717) is 5.82 Å². The topological polar surface area (TPSA) is 54.5 Å². The summed E-state index contributed by atoms with van der Waals surface area (Å²) in [6.07, 6.45) is 0.881. The number of nitrogens with zero attached hydrogens (tertiary/aromatic N) is 3. The van der Waals surface area contributed by atoms with E-state index >= 15 is 0 Å². The highest BCUT2D eigenvalue weighted by Gasteiger charge is 2.15. The predicted octanol–water partition coefficient (Wildman–Crippen LogP) is 2.76. The third-order valence-electron chi connectivity index (χ3n) is 2.35. The molecule has 0 amide bonds. The van der Waals surface area contributed by atoms with Gasteiger partial charge in [0.1, 0.15) is 11.5 Å². The number of aromatic nitrogens is 4. The minimum atomic E-state index is 0.205. The minimum absolute atomic E-state index is 0.205. The fourth-order valence-electron chi connectivity index (χ4n) is 1.66. The van der Waals surface area contributed by atoms with Crippen LogP contribution in [0.15, 0.2) is 18.2 Å². The molecule has 17 heavy (non-hydrogen) atoms. The summed E-state index contributed by atoms with van der Waals surface area (Å²) in [4.78, 5) is 8.89. The molecular formula is C13H18N4. The molecule has 0 atom stereocenters. The lowest BCUT2D eigenvalue weighted by molar-refractivity contribution is 0.401. The van der Waals surface area contributed by atoms with Crippen LogP contribution in [0, 0.1) is 12.3 Å². The summed E-state index contributed by atoms with van der Waals surface area (Å²) in [6.45, 7) is 8.51. The second-order valence-electron chi connectivity index (χ2n) is 5.51. The molecule has 2 aromatic heterocycles. The molecule has 0 aliphatic rings. The maximum absolute atomic E-state index is 4.48. The third kappa shape index (κ3) is 3.12. The highest BCUT2D eigenvalue weighted by Crippen LogP contribution is 2.19. The summed E-state index contributed by atoms with van der Waals surface area (Å²) >= 11 is 0. The molecule has 0 saturated heterocycles. The van der Waals surface area contributed by atoms with Crippen molar-refractivity contribution >= 4 is 0 Å². The van der Waals surface area contributed by atoms with E-state index in [0.717, 1.165) is 23.6 Å². The zero-order valence-electron chi connectivity index (χ0n) is 10.8. The Balaban J connectivity index is 2.24. The Morgan fingerprint density at radius 1 is 1.18 bits per heavy atom. The lowest BCUT2D eigenvalue weighted by Crippen LogP contribution is -2.10. The van der Waals surface area contributed by atoms with Crippen LogP contribution in [0.1, 0.15) is 32.3 Å². The van der Waals surface area contributed by atoms with Gasteiger partial charge in [-0.25, -0.2) is 9.97 Å². The monoisotopic (exact) mass is 230 g/mol. The summed E-state index contributed by atoms with van der Waals surface area (Å²) < 4.78 is 0. The van der Waals surface area contributed by atoms with Crippen LogP contribution in [-0.4, -0.2) is 20.2 Å². The smallest absolute Gasteiger partial charge is 0.199 e. The van der Waals surface area contributed by atoms with Crippen molar-refractivity contribution in [2.24, 2.45) is 5.41 Å². The van der Waals surface area contributed by atoms with Crippen LogP contribution in [0.25, 0.3) is 11.5 Å². The second-order valence-corrected chi connectivity index (χ2v) is 5.51. The molecule has 0 spiro atoms. The molecule has 0 fully saturated rings. The van der Waals surface area contributed by atoms with Crippen LogP contribution in [0.3, 0.4) is 0 Å². The first-order chi connectivity index (χ1) is 7.94. The van der Waals surface area contributed by atoms with Gasteiger partial charge in [-0.15, -0.1) is 0 Å². The molecule has 0 unspecified atom stereocenters. The van der Waals surface area contributed by atoms with E-state index in [1.54, 1.807) is 0 Å². The number of H-pyrrole nitrogens is 1. The van der Waals surface area contributed by atoms with Gasteiger partial charge in [0, 0.05) is 12.1 Å². The highest BCUT2D eigenvalue weighted by molar-refractivity contribution is 5.48. The predicted molar refractivity (Wildman–Crippen MR) is 67.5 cm³/mol. The maximum atomic E-state index is 4.48. The summed E-state index contributed by atoms with van der Waals surface area (Å²) in [7, 11) is 0. The van der Waals surface area contributed by atoms with Crippen molar-refractivity contribution in [3.63, 3.8) is 0 Å². The summed E-state index contributed by atoms with van der Waals surface area (Å²) in [5.41, 5.74) is 2.00. The minimum Gasteiger partial charge on any atom is -0.263 e. The van der Waals surface area contributed by atoms with Gasteiger partial charge in [-0.3, -0.25) is 5.10 Å². The van der Waals surface area contributed by atoms with E-state index < -0.39 is 0 Å². The Kier molecular flexibility index (Phi) is 2.96. The van der Waals surface area contributed by atoms with E-state index in [-0.39, 0.29) is 5.41 Å². The quantitative estimate of drug-likeness (QED) is 0.863. The third-order valence-corrected chi connectivity index (χ3v) is 2.35. The Morgan fingerprint density at radius 3 is 2.59 bits per heavy atom. The van der Waals surface area contributed by atoms with Gasteiger partial charge in [0.05, 0.1) is 0 Å². The molecule has 1 N–H and O–H groups in total. The summed E-state index contributed by atoms with van der Waals surface area (Å²) in [5, 5.41) is 7.19. The van der Waals surface area contributed by atoms with Crippen molar-refractivity contribution in [1.29, 1.82) is 0 Å². The van der Waals surface area contributed by atoms with Crippen molar-refractivity contribution in [2.45, 2.75) is 34.1 Å². The first-order valence-electron chi connectivity index (χ1n) is 5.79. The number of aryl methyl sites for hydroxylation is 1. The van der Waals surface area contributed by atoms with Crippen LogP contribution >= 0.6 is 0 Å². The molecule has 2 rings (SSSR count). The van der Waals surface area contributed by atoms with Crippen LogP contribution in [0.2, 0.25) is 0 Å². The largest absolute Gasteiger partial charge is 0.263 e. The van der Waals surface area contributed by atoms with Gasteiger partial charge in [-0.2, -0.15) is 5.10 Å². The zero-order valence-corrected chi connectivity index (χ0v) is 10.8. The molecule has 2 aromatic rings. The van der Waals surface area contributed by atoms with E-state index in [9.17, 15) is 0 Å². The molecule has 0 aromatic carbocycles. The average Bonchev–Trinajstić information content (AvgIpc) is 2.63. The molecule has 4 nitrogen and oxygen atoms in total. The molecule has 0 saturated carbocycles. The Hall–Kier alpha value is -1.71. The molecule has 0 bridgehead atoms. The number of nitrogens with one attached hydrogen (secondary N) is 1. The van der Waals surface area contributed by atoms with Crippen molar-refractivity contribution in [2.75, 3.05) is 0 Å². The first kappa shape index (κ1) is 11.8. The van der Waals surface area contributed by atoms with Crippen molar-refractivity contribution in [3.8, 4) is 11.5 Å². The first-order valence-corrected chi connectivity index (χ1v) is 5.79.